The number of aryl methyl sites for hydroxylation is 3. The molecule has 128 valence electrons. The van der Waals surface area contributed by atoms with Crippen LogP contribution in [0.5, 0.6) is 0 Å². The first-order valence-corrected chi connectivity index (χ1v) is 9.42. The van der Waals surface area contributed by atoms with Gasteiger partial charge in [0.05, 0.1) is 23.9 Å². The van der Waals surface area contributed by atoms with Gasteiger partial charge in [0.25, 0.3) is 0 Å². The first kappa shape index (κ1) is 17.1. The lowest BCUT2D eigenvalue weighted by molar-refractivity contribution is -0.138. The first-order valence-electron chi connectivity index (χ1n) is 8.54. The largest absolute Gasteiger partial charge is 0.375 e. The fraction of sp³-hybridized carbons (Fsp3) is 0.474. The monoisotopic (exact) mass is 344 g/mol. The van der Waals surface area contributed by atoms with Gasteiger partial charge in [-0.2, -0.15) is 0 Å². The van der Waals surface area contributed by atoms with E-state index in [1.807, 2.05) is 23.4 Å². The fourth-order valence-corrected chi connectivity index (χ4v) is 3.82. The van der Waals surface area contributed by atoms with Gasteiger partial charge in [-0.15, -0.1) is 11.3 Å². The molecule has 1 aliphatic rings. The van der Waals surface area contributed by atoms with E-state index in [1.54, 1.807) is 11.3 Å². The van der Waals surface area contributed by atoms with Gasteiger partial charge in [0.1, 0.15) is 0 Å². The number of benzene rings is 1. The van der Waals surface area contributed by atoms with E-state index >= 15 is 0 Å². The Morgan fingerprint density at radius 3 is 2.92 bits per heavy atom. The number of nitrogens with zero attached hydrogens (tertiary/aromatic N) is 2. The molecule has 1 aromatic heterocycles. The van der Waals surface area contributed by atoms with Gasteiger partial charge >= 0.3 is 0 Å². The van der Waals surface area contributed by atoms with Crippen LogP contribution < -0.4 is 0 Å². The third-order valence-electron chi connectivity index (χ3n) is 4.50. The summed E-state index contributed by atoms with van der Waals surface area (Å²) in [5.41, 5.74) is 4.23. The zero-order chi connectivity index (χ0) is 16.8. The Bertz CT molecular complexity index is 656. The van der Waals surface area contributed by atoms with Crippen molar-refractivity contribution < 1.29 is 9.53 Å². The zero-order valence-electron chi connectivity index (χ0n) is 14.1. The molecule has 2 aromatic rings. The van der Waals surface area contributed by atoms with Crippen LogP contribution in [-0.2, 0) is 22.4 Å². The number of thiazole rings is 1. The standard InChI is InChI=1S/C19H24N2O2S/c1-15-18(24-14-20-15)9-10-19(22)21-11-12-23-17(13-21)8-7-16-5-3-2-4-6-16/h2-6,14,17H,7-13H2,1H3/t17-/m0/s1. The minimum atomic E-state index is 0.146. The number of ether oxygens (including phenoxy) is 1. The number of hydrogen-bond donors (Lipinski definition) is 0. The number of carbonyl (C=O) groups excluding carboxylic acids is 1. The number of aromatic nitrogens is 1. The number of morpholine rings is 1. The average Bonchev–Trinajstić information content (AvgIpc) is 3.04. The minimum absolute atomic E-state index is 0.146. The zero-order valence-corrected chi connectivity index (χ0v) is 14.9. The van der Waals surface area contributed by atoms with E-state index in [1.165, 1.54) is 10.4 Å². The van der Waals surface area contributed by atoms with Crippen molar-refractivity contribution >= 4 is 17.2 Å². The van der Waals surface area contributed by atoms with Crippen LogP contribution in [0.1, 0.15) is 29.0 Å². The molecule has 24 heavy (non-hydrogen) atoms. The number of rotatable bonds is 6. The molecule has 0 spiro atoms. The second kappa shape index (κ2) is 8.40. The summed E-state index contributed by atoms with van der Waals surface area (Å²) in [7, 11) is 0. The highest BCUT2D eigenvalue weighted by Crippen LogP contribution is 2.17. The van der Waals surface area contributed by atoms with E-state index < -0.39 is 0 Å². The van der Waals surface area contributed by atoms with Crippen molar-refractivity contribution in [3.05, 3.63) is 52.0 Å². The van der Waals surface area contributed by atoms with Crippen LogP contribution in [0.3, 0.4) is 0 Å². The summed E-state index contributed by atoms with van der Waals surface area (Å²) >= 11 is 1.64. The summed E-state index contributed by atoms with van der Waals surface area (Å²) in [6.07, 6.45) is 3.46. The predicted octanol–water partition coefficient (Wildman–Crippen LogP) is 3.24. The Morgan fingerprint density at radius 2 is 2.17 bits per heavy atom. The van der Waals surface area contributed by atoms with E-state index in [4.69, 9.17) is 4.74 Å². The van der Waals surface area contributed by atoms with Gasteiger partial charge < -0.3 is 9.64 Å². The molecule has 1 aliphatic heterocycles. The van der Waals surface area contributed by atoms with Crippen molar-refractivity contribution in [2.75, 3.05) is 19.7 Å². The maximum atomic E-state index is 12.5. The molecule has 1 atom stereocenters. The van der Waals surface area contributed by atoms with Gasteiger partial charge in [-0.25, -0.2) is 4.98 Å². The van der Waals surface area contributed by atoms with Gasteiger partial charge in [-0.1, -0.05) is 30.3 Å². The topological polar surface area (TPSA) is 42.4 Å². The van der Waals surface area contributed by atoms with Crippen molar-refractivity contribution in [2.45, 2.75) is 38.7 Å². The van der Waals surface area contributed by atoms with E-state index in [0.29, 0.717) is 26.1 Å². The van der Waals surface area contributed by atoms with Gasteiger partial charge in [-0.05, 0) is 31.7 Å². The highest BCUT2D eigenvalue weighted by molar-refractivity contribution is 7.09. The SMILES string of the molecule is Cc1ncsc1CCC(=O)N1CCO[C@@H](CCc2ccccc2)C1. The molecule has 4 nitrogen and oxygen atoms in total. The van der Waals surface area contributed by atoms with Gasteiger partial charge in [0.15, 0.2) is 0 Å². The normalized spacial score (nSPS) is 17.9. The van der Waals surface area contributed by atoms with Crippen molar-refractivity contribution in [1.29, 1.82) is 0 Å². The number of hydrogen-bond acceptors (Lipinski definition) is 4. The molecular formula is C19H24N2O2S. The summed E-state index contributed by atoms with van der Waals surface area (Å²) < 4.78 is 5.85. The van der Waals surface area contributed by atoms with Crippen LogP contribution in [0, 0.1) is 6.92 Å². The highest BCUT2D eigenvalue weighted by atomic mass is 32.1. The lowest BCUT2D eigenvalue weighted by Crippen LogP contribution is -2.45. The molecule has 0 aliphatic carbocycles. The Balaban J connectivity index is 1.46. The van der Waals surface area contributed by atoms with Crippen molar-refractivity contribution in [3.63, 3.8) is 0 Å². The van der Waals surface area contributed by atoms with Crippen LogP contribution in [-0.4, -0.2) is 41.6 Å². The lowest BCUT2D eigenvalue weighted by Gasteiger charge is -2.33. The van der Waals surface area contributed by atoms with Gasteiger partial charge in [0, 0.05) is 24.4 Å². The predicted molar refractivity (Wildman–Crippen MR) is 96.3 cm³/mol. The second-order valence-corrected chi connectivity index (χ2v) is 7.16. The molecule has 1 saturated heterocycles. The van der Waals surface area contributed by atoms with E-state index in [-0.39, 0.29) is 12.0 Å². The van der Waals surface area contributed by atoms with Crippen LogP contribution in [0.4, 0.5) is 0 Å². The average molecular weight is 344 g/mol. The Morgan fingerprint density at radius 1 is 1.33 bits per heavy atom. The molecule has 0 radical (unpaired) electrons. The molecule has 0 unspecified atom stereocenters. The maximum Gasteiger partial charge on any atom is 0.223 e. The van der Waals surface area contributed by atoms with Gasteiger partial charge in [0.2, 0.25) is 5.91 Å². The third kappa shape index (κ3) is 4.65. The first-order chi connectivity index (χ1) is 11.7. The molecule has 1 fully saturated rings. The van der Waals surface area contributed by atoms with Crippen LogP contribution >= 0.6 is 11.3 Å². The molecule has 5 heteroatoms. The molecule has 1 aromatic carbocycles. The third-order valence-corrected chi connectivity index (χ3v) is 5.49. The van der Waals surface area contributed by atoms with Crippen molar-refractivity contribution in [1.82, 2.24) is 9.88 Å². The van der Waals surface area contributed by atoms with E-state index in [0.717, 1.165) is 25.0 Å². The summed E-state index contributed by atoms with van der Waals surface area (Å²) in [5.74, 6) is 0.232. The highest BCUT2D eigenvalue weighted by Gasteiger charge is 2.24. The molecule has 3 rings (SSSR count). The summed E-state index contributed by atoms with van der Waals surface area (Å²) in [5, 5.41) is 0. The molecule has 0 saturated carbocycles. The Hall–Kier alpha value is -1.72. The van der Waals surface area contributed by atoms with E-state index in [2.05, 4.69) is 29.2 Å². The second-order valence-electron chi connectivity index (χ2n) is 6.22. The fourth-order valence-electron chi connectivity index (χ4n) is 3.04. The molecule has 1 amide bonds. The molecule has 2 heterocycles. The van der Waals surface area contributed by atoms with E-state index in [9.17, 15) is 4.79 Å². The summed E-state index contributed by atoms with van der Waals surface area (Å²) in [4.78, 5) is 19.9. The Labute approximate surface area is 147 Å². The molecular weight excluding hydrogens is 320 g/mol. The van der Waals surface area contributed by atoms with Crippen LogP contribution in [0.15, 0.2) is 35.8 Å². The maximum absolute atomic E-state index is 12.5. The number of carbonyl (C=O) groups is 1. The molecule has 0 bridgehead atoms. The van der Waals surface area contributed by atoms with Crippen LogP contribution in [0.2, 0.25) is 0 Å². The van der Waals surface area contributed by atoms with Crippen molar-refractivity contribution in [2.24, 2.45) is 0 Å². The lowest BCUT2D eigenvalue weighted by atomic mass is 10.1. The Kier molecular flexibility index (Phi) is 5.99. The molecule has 0 N–H and O–H groups in total. The van der Waals surface area contributed by atoms with Crippen LogP contribution in [0.25, 0.3) is 0 Å². The quantitative estimate of drug-likeness (QED) is 0.808. The summed E-state index contributed by atoms with van der Waals surface area (Å²) in [6, 6.07) is 10.4. The minimum Gasteiger partial charge on any atom is -0.375 e. The van der Waals surface area contributed by atoms with Crippen molar-refractivity contribution in [3.8, 4) is 0 Å². The number of amides is 1. The summed E-state index contributed by atoms with van der Waals surface area (Å²) in [6.45, 7) is 4.07. The smallest absolute Gasteiger partial charge is 0.223 e. The van der Waals surface area contributed by atoms with Gasteiger partial charge in [-0.3, -0.25) is 4.79 Å².